The summed E-state index contributed by atoms with van der Waals surface area (Å²) in [5.74, 6) is 1.18. The largest absolute Gasteiger partial charge is 0.334 e. The Morgan fingerprint density at radius 1 is 1.13 bits per heavy atom. The van der Waals surface area contributed by atoms with Gasteiger partial charge in [-0.1, -0.05) is 52.0 Å². The van der Waals surface area contributed by atoms with Gasteiger partial charge in [0.2, 0.25) is 5.91 Å². The number of thioether (sulfide) groups is 1. The summed E-state index contributed by atoms with van der Waals surface area (Å²) < 4.78 is 3.09. The molecule has 7 nitrogen and oxygen atoms in total. The zero-order valence-electron chi connectivity index (χ0n) is 17.2. The Hall–Kier alpha value is -2.65. The van der Waals surface area contributed by atoms with Gasteiger partial charge in [-0.2, -0.15) is 0 Å². The van der Waals surface area contributed by atoms with Gasteiger partial charge in [0.25, 0.3) is 0 Å². The lowest BCUT2D eigenvalue weighted by Gasteiger charge is -2.23. The highest BCUT2D eigenvalue weighted by atomic mass is 79.9. The number of rotatable bonds is 6. The Kier molecular flexibility index (Phi) is 6.43. The quantitative estimate of drug-likeness (QED) is 0.498. The molecule has 1 aromatic heterocycles. The van der Waals surface area contributed by atoms with Crippen molar-refractivity contribution in [1.82, 2.24) is 25.4 Å². The van der Waals surface area contributed by atoms with E-state index in [1.165, 1.54) is 5.56 Å². The molecule has 31 heavy (non-hydrogen) atoms. The van der Waals surface area contributed by atoms with Crippen molar-refractivity contribution in [3.8, 4) is 5.69 Å². The third-order valence-corrected chi connectivity index (χ3v) is 6.56. The average molecular weight is 500 g/mol. The van der Waals surface area contributed by atoms with Gasteiger partial charge in [-0.3, -0.25) is 14.7 Å². The van der Waals surface area contributed by atoms with Crippen LogP contribution in [0.15, 0.2) is 52.1 Å². The maximum Gasteiger partial charge on any atom is 0.321 e. The first-order chi connectivity index (χ1) is 14.9. The highest BCUT2D eigenvalue weighted by Crippen LogP contribution is 2.28. The van der Waals surface area contributed by atoms with Crippen molar-refractivity contribution in [3.05, 3.63) is 69.5 Å². The van der Waals surface area contributed by atoms with Crippen LogP contribution in [0.2, 0.25) is 0 Å². The highest BCUT2D eigenvalue weighted by Gasteiger charge is 2.27. The summed E-state index contributed by atoms with van der Waals surface area (Å²) in [6.07, 6.45) is 0.630. The summed E-state index contributed by atoms with van der Waals surface area (Å²) in [5.41, 5.74) is 4.42. The van der Waals surface area contributed by atoms with E-state index in [2.05, 4.69) is 74.0 Å². The van der Waals surface area contributed by atoms with E-state index < -0.39 is 6.03 Å². The molecule has 9 heteroatoms. The second kappa shape index (κ2) is 9.23. The molecule has 1 saturated heterocycles. The first kappa shape index (κ1) is 21.6. The monoisotopic (exact) mass is 499 g/mol. The molecule has 2 aromatic carbocycles. The number of nitrogens with one attached hydrogen (secondary N) is 2. The van der Waals surface area contributed by atoms with Crippen LogP contribution in [0, 0.1) is 13.8 Å². The number of hydrogen-bond donors (Lipinski definition) is 2. The summed E-state index contributed by atoms with van der Waals surface area (Å²) in [5, 5.41) is 14.7. The molecule has 0 bridgehead atoms. The second-order valence-electron chi connectivity index (χ2n) is 7.57. The van der Waals surface area contributed by atoms with E-state index in [1.54, 1.807) is 11.8 Å². The molecular formula is C22H22BrN5O2S. The molecule has 1 atom stereocenters. The fourth-order valence-corrected chi connectivity index (χ4v) is 4.66. The molecule has 0 spiro atoms. The predicted octanol–water partition coefficient (Wildman–Crippen LogP) is 4.08. The van der Waals surface area contributed by atoms with Gasteiger partial charge in [0, 0.05) is 29.1 Å². The van der Waals surface area contributed by atoms with Crippen LogP contribution in [0.1, 0.15) is 28.9 Å². The van der Waals surface area contributed by atoms with E-state index >= 15 is 0 Å². The van der Waals surface area contributed by atoms with Gasteiger partial charge >= 0.3 is 6.03 Å². The molecule has 3 aromatic rings. The molecule has 1 fully saturated rings. The van der Waals surface area contributed by atoms with Gasteiger partial charge in [-0.15, -0.1) is 10.2 Å². The number of carbonyl (C=O) groups excluding carboxylic acids is 2. The van der Waals surface area contributed by atoms with Crippen LogP contribution in [-0.2, 0) is 17.0 Å². The van der Waals surface area contributed by atoms with Crippen molar-refractivity contribution in [3.63, 3.8) is 0 Å². The molecule has 0 radical (unpaired) electrons. The predicted molar refractivity (Wildman–Crippen MR) is 123 cm³/mol. The molecule has 160 valence electrons. The fourth-order valence-electron chi connectivity index (χ4n) is 3.47. The van der Waals surface area contributed by atoms with E-state index in [1.807, 2.05) is 23.6 Å². The van der Waals surface area contributed by atoms with Crippen molar-refractivity contribution < 1.29 is 9.59 Å². The summed E-state index contributed by atoms with van der Waals surface area (Å²) in [6, 6.07) is 13.7. The maximum absolute atomic E-state index is 11.8. The zero-order chi connectivity index (χ0) is 22.0. The Labute approximate surface area is 193 Å². The lowest BCUT2D eigenvalue weighted by molar-refractivity contribution is -0.121. The Bertz CT molecular complexity index is 1110. The van der Waals surface area contributed by atoms with Gasteiger partial charge in [0.1, 0.15) is 5.82 Å². The SMILES string of the molecule is Cc1ccc(C)c(-n2c(CC3CC(=O)NC(=O)N3)nnc2SCc2ccc(Br)cc2)c1. The summed E-state index contributed by atoms with van der Waals surface area (Å²) in [7, 11) is 0. The van der Waals surface area contributed by atoms with Gasteiger partial charge in [0.05, 0.1) is 5.69 Å². The van der Waals surface area contributed by atoms with E-state index in [9.17, 15) is 9.59 Å². The molecule has 1 aliphatic rings. The van der Waals surface area contributed by atoms with Gasteiger partial charge in [-0.25, -0.2) is 4.79 Å². The molecule has 1 aliphatic heterocycles. The first-order valence-corrected chi connectivity index (χ1v) is 11.7. The van der Waals surface area contributed by atoms with Crippen molar-refractivity contribution in [2.45, 2.75) is 43.6 Å². The highest BCUT2D eigenvalue weighted by molar-refractivity contribution is 9.10. The second-order valence-corrected chi connectivity index (χ2v) is 9.42. The summed E-state index contributed by atoms with van der Waals surface area (Å²) in [4.78, 5) is 23.5. The minimum atomic E-state index is -0.469. The van der Waals surface area contributed by atoms with Crippen molar-refractivity contribution in [2.24, 2.45) is 0 Å². The normalized spacial score (nSPS) is 16.2. The number of urea groups is 1. The molecule has 2 heterocycles. The number of amides is 3. The lowest BCUT2D eigenvalue weighted by Crippen LogP contribution is -2.53. The average Bonchev–Trinajstić information content (AvgIpc) is 3.11. The molecular weight excluding hydrogens is 478 g/mol. The van der Waals surface area contributed by atoms with E-state index in [4.69, 9.17) is 0 Å². The smallest absolute Gasteiger partial charge is 0.321 e. The van der Waals surface area contributed by atoms with Crippen molar-refractivity contribution in [2.75, 3.05) is 0 Å². The van der Waals surface area contributed by atoms with Crippen LogP contribution in [0.25, 0.3) is 5.69 Å². The zero-order valence-corrected chi connectivity index (χ0v) is 19.6. The molecule has 0 saturated carbocycles. The number of nitrogens with zero attached hydrogens (tertiary/aromatic N) is 3. The number of halogens is 1. The molecule has 1 unspecified atom stereocenters. The summed E-state index contributed by atoms with van der Waals surface area (Å²) in [6.45, 7) is 4.10. The number of imide groups is 1. The van der Waals surface area contributed by atoms with Crippen LogP contribution >= 0.6 is 27.7 Å². The Balaban J connectivity index is 1.66. The van der Waals surface area contributed by atoms with Crippen molar-refractivity contribution in [1.29, 1.82) is 0 Å². The lowest BCUT2D eigenvalue weighted by atomic mass is 10.1. The van der Waals surface area contributed by atoms with Gasteiger partial charge in [0.15, 0.2) is 5.16 Å². The first-order valence-electron chi connectivity index (χ1n) is 9.88. The molecule has 0 aliphatic carbocycles. The number of aryl methyl sites for hydroxylation is 2. The van der Waals surface area contributed by atoms with Crippen LogP contribution < -0.4 is 10.6 Å². The fraction of sp³-hybridized carbons (Fsp3) is 0.273. The van der Waals surface area contributed by atoms with E-state index in [-0.39, 0.29) is 18.4 Å². The topological polar surface area (TPSA) is 88.9 Å². The number of aromatic nitrogens is 3. The Morgan fingerprint density at radius 3 is 2.65 bits per heavy atom. The minimum Gasteiger partial charge on any atom is -0.334 e. The van der Waals surface area contributed by atoms with E-state index in [0.29, 0.717) is 12.2 Å². The maximum atomic E-state index is 11.8. The number of carbonyl (C=O) groups is 2. The standard InChI is InChI=1S/C22H22BrN5O2S/c1-13-3-4-14(2)18(9-13)28-19(10-17-11-20(29)25-21(30)24-17)26-27-22(28)31-12-15-5-7-16(23)8-6-15/h3-9,17H,10-12H2,1-2H3,(H2,24,25,29,30). The van der Waals surface area contributed by atoms with Crippen LogP contribution in [0.5, 0.6) is 0 Å². The van der Waals surface area contributed by atoms with E-state index in [0.717, 1.165) is 32.2 Å². The minimum absolute atomic E-state index is 0.215. The van der Waals surface area contributed by atoms with Gasteiger partial charge in [-0.05, 0) is 48.7 Å². The third kappa shape index (κ3) is 5.16. The van der Waals surface area contributed by atoms with Crippen LogP contribution in [0.4, 0.5) is 4.79 Å². The van der Waals surface area contributed by atoms with Gasteiger partial charge < -0.3 is 5.32 Å². The third-order valence-electron chi connectivity index (χ3n) is 5.04. The molecule has 4 rings (SSSR count). The Morgan fingerprint density at radius 2 is 1.90 bits per heavy atom. The number of benzene rings is 2. The molecule has 2 N–H and O–H groups in total. The molecule has 3 amide bonds. The van der Waals surface area contributed by atoms with Crippen LogP contribution in [-0.4, -0.2) is 32.7 Å². The van der Waals surface area contributed by atoms with Crippen LogP contribution in [0.3, 0.4) is 0 Å². The summed E-state index contributed by atoms with van der Waals surface area (Å²) >= 11 is 5.07. The van der Waals surface area contributed by atoms with Crippen molar-refractivity contribution >= 4 is 39.6 Å². The number of hydrogen-bond acceptors (Lipinski definition) is 5.